The Morgan fingerprint density at radius 2 is 2.56 bits per heavy atom. The van der Waals surface area contributed by atoms with Gasteiger partial charge in [-0.1, -0.05) is 0 Å². The van der Waals surface area contributed by atoms with E-state index in [0.717, 1.165) is 0 Å². The summed E-state index contributed by atoms with van der Waals surface area (Å²) in [5.74, 6) is 0. The van der Waals surface area contributed by atoms with E-state index in [0.29, 0.717) is 13.0 Å². The van der Waals surface area contributed by atoms with Crippen LogP contribution in [0.25, 0.3) is 0 Å². The summed E-state index contributed by atoms with van der Waals surface area (Å²) in [7, 11) is 5.47. The van der Waals surface area contributed by atoms with Crippen molar-refractivity contribution in [3.63, 3.8) is 0 Å². The average molecular weight is 146 g/mol. The Morgan fingerprint density at radius 1 is 1.89 bits per heavy atom. The summed E-state index contributed by atoms with van der Waals surface area (Å²) < 4.78 is 4.27. The Balaban J connectivity index is 2.38. The summed E-state index contributed by atoms with van der Waals surface area (Å²) in [4.78, 5) is 0. The summed E-state index contributed by atoms with van der Waals surface area (Å²) in [6.07, 6.45) is 0.373. The van der Waals surface area contributed by atoms with E-state index in [4.69, 9.17) is 29.3 Å². The number of rotatable bonds is 1. The predicted molar refractivity (Wildman–Crippen MR) is 35.8 cm³/mol. The number of hydrogen-bond acceptors (Lipinski definition) is 2. The van der Waals surface area contributed by atoms with Gasteiger partial charge in [0.1, 0.15) is 0 Å². The van der Waals surface area contributed by atoms with E-state index >= 15 is 0 Å². The molecule has 2 atom stereocenters. The van der Waals surface area contributed by atoms with Gasteiger partial charge in [0.2, 0.25) is 0 Å². The molecule has 2 unspecified atom stereocenters. The van der Waals surface area contributed by atoms with Crippen LogP contribution in [0.15, 0.2) is 0 Å². The standard InChI is InChI=1S/C5H8BClO2/c6-5(7)1-4(2-8)9-3-5/h4,8H,1-3H2. The largest absolute Gasteiger partial charge is 0.394 e. The van der Waals surface area contributed by atoms with E-state index in [1.54, 1.807) is 0 Å². The van der Waals surface area contributed by atoms with Gasteiger partial charge in [0.05, 0.1) is 27.2 Å². The summed E-state index contributed by atoms with van der Waals surface area (Å²) in [5.41, 5.74) is 0. The van der Waals surface area contributed by atoms with Crippen LogP contribution >= 0.6 is 11.6 Å². The van der Waals surface area contributed by atoms with Crippen molar-refractivity contribution < 1.29 is 9.84 Å². The molecule has 0 amide bonds. The van der Waals surface area contributed by atoms with E-state index in [9.17, 15) is 0 Å². The average Bonchev–Trinajstić information content (AvgIpc) is 2.10. The highest BCUT2D eigenvalue weighted by Gasteiger charge is 2.32. The van der Waals surface area contributed by atoms with Gasteiger partial charge in [0.15, 0.2) is 0 Å². The minimum absolute atomic E-state index is 0.00562. The summed E-state index contributed by atoms with van der Waals surface area (Å²) in [5, 5.41) is 8.56. The van der Waals surface area contributed by atoms with Crippen LogP contribution in [0, 0.1) is 0 Å². The summed E-state index contributed by atoms with van der Waals surface area (Å²) in [6, 6.07) is 0. The lowest BCUT2D eigenvalue weighted by Gasteiger charge is -2.09. The van der Waals surface area contributed by atoms with Gasteiger partial charge in [-0.2, -0.15) is 0 Å². The van der Waals surface area contributed by atoms with E-state index in [-0.39, 0.29) is 12.7 Å². The molecular weight excluding hydrogens is 138 g/mol. The molecule has 1 fully saturated rings. The number of aliphatic hydroxyl groups is 1. The van der Waals surface area contributed by atoms with E-state index in [1.807, 2.05) is 0 Å². The third kappa shape index (κ3) is 1.85. The molecule has 1 rings (SSSR count). The van der Waals surface area contributed by atoms with Crippen molar-refractivity contribution in [2.24, 2.45) is 0 Å². The van der Waals surface area contributed by atoms with Crippen LogP contribution in [0.5, 0.6) is 0 Å². The molecule has 1 aliphatic rings. The molecule has 4 heteroatoms. The van der Waals surface area contributed by atoms with Crippen molar-refractivity contribution in [1.29, 1.82) is 0 Å². The van der Waals surface area contributed by atoms with Crippen molar-refractivity contribution >= 4 is 19.4 Å². The predicted octanol–water partition coefficient (Wildman–Crippen LogP) is -0.129. The first-order valence-electron chi connectivity index (χ1n) is 2.84. The van der Waals surface area contributed by atoms with E-state index in [2.05, 4.69) is 0 Å². The normalized spacial score (nSPS) is 43.6. The van der Waals surface area contributed by atoms with Gasteiger partial charge >= 0.3 is 0 Å². The molecule has 1 aliphatic heterocycles. The van der Waals surface area contributed by atoms with Crippen LogP contribution in [-0.4, -0.2) is 37.0 Å². The fourth-order valence-corrected chi connectivity index (χ4v) is 1.11. The first-order chi connectivity index (χ1) is 4.14. The number of ether oxygens (including phenoxy) is 1. The molecule has 9 heavy (non-hydrogen) atoms. The minimum atomic E-state index is -0.743. The smallest absolute Gasteiger partial charge is 0.0998 e. The van der Waals surface area contributed by atoms with Crippen molar-refractivity contribution in [2.45, 2.75) is 17.3 Å². The zero-order valence-corrected chi connectivity index (χ0v) is 5.77. The van der Waals surface area contributed by atoms with Gasteiger partial charge in [0, 0.05) is 4.77 Å². The number of hydrogen-bond donors (Lipinski definition) is 1. The van der Waals surface area contributed by atoms with Gasteiger partial charge in [-0.3, -0.25) is 0 Å². The molecule has 0 aromatic carbocycles. The maximum absolute atomic E-state index is 8.56. The van der Waals surface area contributed by atoms with Crippen molar-refractivity contribution in [3.8, 4) is 0 Å². The Morgan fingerprint density at radius 3 is 2.78 bits per heavy atom. The van der Waals surface area contributed by atoms with Gasteiger partial charge in [0.25, 0.3) is 0 Å². The minimum Gasteiger partial charge on any atom is -0.394 e. The van der Waals surface area contributed by atoms with Crippen molar-refractivity contribution in [2.75, 3.05) is 13.2 Å². The molecule has 2 nitrogen and oxygen atoms in total. The van der Waals surface area contributed by atoms with E-state index < -0.39 is 4.77 Å². The van der Waals surface area contributed by atoms with Crippen LogP contribution in [0.3, 0.4) is 0 Å². The second kappa shape index (κ2) is 2.49. The molecule has 0 bridgehead atoms. The third-order valence-electron chi connectivity index (χ3n) is 1.33. The summed E-state index contributed by atoms with van der Waals surface area (Å²) >= 11 is 5.68. The number of alkyl halides is 1. The van der Waals surface area contributed by atoms with E-state index in [1.165, 1.54) is 0 Å². The zero-order valence-electron chi connectivity index (χ0n) is 5.01. The van der Waals surface area contributed by atoms with Gasteiger partial charge in [-0.05, 0) is 6.42 Å². The lowest BCUT2D eigenvalue weighted by Crippen LogP contribution is -2.21. The van der Waals surface area contributed by atoms with Crippen LogP contribution < -0.4 is 0 Å². The van der Waals surface area contributed by atoms with Gasteiger partial charge < -0.3 is 9.84 Å². The van der Waals surface area contributed by atoms with Crippen LogP contribution in [-0.2, 0) is 4.74 Å². The third-order valence-corrected chi connectivity index (χ3v) is 1.59. The zero-order chi connectivity index (χ0) is 6.91. The molecule has 2 radical (unpaired) electrons. The molecule has 0 aromatic rings. The fraction of sp³-hybridized carbons (Fsp3) is 1.00. The SMILES string of the molecule is [B]C1(Cl)COC(CO)C1. The number of aliphatic hydroxyl groups excluding tert-OH is 1. The lowest BCUT2D eigenvalue weighted by molar-refractivity contribution is 0.0588. The molecule has 0 aliphatic carbocycles. The molecule has 50 valence electrons. The highest BCUT2D eigenvalue weighted by atomic mass is 35.5. The van der Waals surface area contributed by atoms with Crippen LogP contribution in [0.2, 0.25) is 0 Å². The highest BCUT2D eigenvalue weighted by Crippen LogP contribution is 2.26. The molecule has 1 heterocycles. The van der Waals surface area contributed by atoms with Crippen LogP contribution in [0.4, 0.5) is 0 Å². The Hall–Kier alpha value is 0.275. The molecule has 0 spiro atoms. The molecule has 0 aromatic heterocycles. The fourth-order valence-electron chi connectivity index (χ4n) is 0.870. The monoisotopic (exact) mass is 146 g/mol. The Kier molecular flexibility index (Phi) is 2.04. The second-order valence-corrected chi connectivity index (χ2v) is 3.11. The maximum atomic E-state index is 8.56. The maximum Gasteiger partial charge on any atom is 0.0998 e. The lowest BCUT2D eigenvalue weighted by atomic mass is 9.84. The quantitative estimate of drug-likeness (QED) is 0.413. The molecule has 1 N–H and O–H groups in total. The molecule has 1 saturated heterocycles. The van der Waals surface area contributed by atoms with Crippen molar-refractivity contribution in [3.05, 3.63) is 0 Å². The Bertz CT molecular complexity index is 107. The highest BCUT2D eigenvalue weighted by molar-refractivity contribution is 6.45. The second-order valence-electron chi connectivity index (χ2n) is 2.35. The molecule has 0 saturated carbocycles. The Labute approximate surface area is 60.6 Å². The van der Waals surface area contributed by atoms with Crippen molar-refractivity contribution in [1.82, 2.24) is 0 Å². The van der Waals surface area contributed by atoms with Gasteiger partial charge in [-0.15, -0.1) is 11.6 Å². The topological polar surface area (TPSA) is 29.5 Å². The first kappa shape index (κ1) is 7.38. The number of halogens is 1. The molecular formula is C5H8BClO2. The van der Waals surface area contributed by atoms with Gasteiger partial charge in [-0.25, -0.2) is 0 Å². The first-order valence-corrected chi connectivity index (χ1v) is 3.22. The van der Waals surface area contributed by atoms with Crippen LogP contribution in [0.1, 0.15) is 6.42 Å². The summed E-state index contributed by atoms with van der Waals surface area (Å²) in [6.45, 7) is 0.339.